The number of aliphatic carboxylic acids is 1. The van der Waals surface area contributed by atoms with Crippen molar-refractivity contribution in [2.75, 3.05) is 26.2 Å². The van der Waals surface area contributed by atoms with E-state index in [1.165, 1.54) is 6.92 Å². The largest absolute Gasteiger partial charge is 0.478 e. The first-order valence-electron chi connectivity index (χ1n) is 12.3. The van der Waals surface area contributed by atoms with E-state index in [1.807, 2.05) is 6.07 Å². The number of nitrogens with one attached hydrogen (secondary N) is 3. The molecule has 2 aliphatic heterocycles. The van der Waals surface area contributed by atoms with Crippen molar-refractivity contribution in [3.8, 4) is 0 Å². The number of hydrogen-bond acceptors (Lipinski definition) is 6. The van der Waals surface area contributed by atoms with E-state index in [9.17, 15) is 24.3 Å². The van der Waals surface area contributed by atoms with Gasteiger partial charge in [0, 0.05) is 19.5 Å². The minimum Gasteiger partial charge on any atom is -0.478 e. The SMILES string of the molecule is C[C@](NC(=O)OCc1ccccc1)(NC(=O)[C@@H]1CCCN(C(=O)CCC2CCNCC2)C1)C(=O)O. The fourth-order valence-electron chi connectivity index (χ4n) is 4.52. The molecule has 0 unspecified atom stereocenters. The highest BCUT2D eigenvalue weighted by Crippen LogP contribution is 2.22. The van der Waals surface area contributed by atoms with E-state index < -0.39 is 29.6 Å². The summed E-state index contributed by atoms with van der Waals surface area (Å²) >= 11 is 0. The van der Waals surface area contributed by atoms with Gasteiger partial charge in [0.2, 0.25) is 17.5 Å². The van der Waals surface area contributed by atoms with Crippen LogP contribution in [0.15, 0.2) is 30.3 Å². The summed E-state index contributed by atoms with van der Waals surface area (Å²) in [5, 5.41) is 17.7. The van der Waals surface area contributed by atoms with Gasteiger partial charge in [-0.1, -0.05) is 30.3 Å². The van der Waals surface area contributed by atoms with Crippen LogP contribution in [0.5, 0.6) is 0 Å². The molecule has 1 aromatic carbocycles. The standard InChI is InChI=1S/C25H36N4O6/c1-25(23(32)33,28-24(34)35-17-19-6-3-2-4-7-19)27-22(31)20-8-5-15-29(16-20)21(30)10-9-18-11-13-26-14-12-18/h2-4,6-7,18,20,26H,5,8-17H2,1H3,(H,27,31)(H,28,34)(H,32,33)/t20-,25-/m1/s1. The van der Waals surface area contributed by atoms with E-state index in [0.717, 1.165) is 37.9 Å². The van der Waals surface area contributed by atoms with Gasteiger partial charge in [-0.15, -0.1) is 0 Å². The summed E-state index contributed by atoms with van der Waals surface area (Å²) in [6, 6.07) is 8.96. The molecule has 3 amide bonds. The normalized spacial score (nSPS) is 20.4. The Labute approximate surface area is 205 Å². The van der Waals surface area contributed by atoms with Crippen LogP contribution in [0.1, 0.15) is 51.0 Å². The summed E-state index contributed by atoms with van der Waals surface area (Å²) in [5.74, 6) is -1.91. The molecular formula is C25H36N4O6. The number of carbonyl (C=O) groups excluding carboxylic acids is 3. The Kier molecular flexibility index (Phi) is 9.47. The Morgan fingerprint density at radius 3 is 2.51 bits per heavy atom. The van der Waals surface area contributed by atoms with Gasteiger partial charge in [-0.05, 0) is 63.6 Å². The maximum absolute atomic E-state index is 12.9. The van der Waals surface area contributed by atoms with Crippen molar-refractivity contribution in [1.29, 1.82) is 0 Å². The Morgan fingerprint density at radius 1 is 1.11 bits per heavy atom. The van der Waals surface area contributed by atoms with Gasteiger partial charge in [0.15, 0.2) is 0 Å². The third kappa shape index (κ3) is 7.95. The monoisotopic (exact) mass is 488 g/mol. The molecule has 0 spiro atoms. The molecule has 1 aromatic rings. The molecule has 10 nitrogen and oxygen atoms in total. The fraction of sp³-hybridized carbons (Fsp3) is 0.600. The summed E-state index contributed by atoms with van der Waals surface area (Å²) in [7, 11) is 0. The molecular weight excluding hydrogens is 452 g/mol. The first-order valence-corrected chi connectivity index (χ1v) is 12.3. The minimum atomic E-state index is -2.05. The van der Waals surface area contributed by atoms with Crippen molar-refractivity contribution in [3.63, 3.8) is 0 Å². The summed E-state index contributed by atoms with van der Waals surface area (Å²) < 4.78 is 5.10. The van der Waals surface area contributed by atoms with Crippen LogP contribution in [0.25, 0.3) is 0 Å². The maximum atomic E-state index is 12.9. The van der Waals surface area contributed by atoms with Crippen LogP contribution < -0.4 is 16.0 Å². The van der Waals surface area contributed by atoms with Gasteiger partial charge in [-0.25, -0.2) is 9.59 Å². The van der Waals surface area contributed by atoms with Gasteiger partial charge in [0.05, 0.1) is 5.92 Å². The number of ether oxygens (including phenoxy) is 1. The quantitative estimate of drug-likeness (QED) is 0.389. The summed E-state index contributed by atoms with van der Waals surface area (Å²) in [4.78, 5) is 51.5. The number of benzene rings is 1. The maximum Gasteiger partial charge on any atom is 0.409 e. The van der Waals surface area contributed by atoms with Crippen LogP contribution in [0, 0.1) is 11.8 Å². The van der Waals surface area contributed by atoms with Crippen LogP contribution >= 0.6 is 0 Å². The highest BCUT2D eigenvalue weighted by atomic mass is 16.5. The lowest BCUT2D eigenvalue weighted by molar-refractivity contribution is -0.149. The molecule has 3 rings (SSSR count). The second-order valence-corrected chi connectivity index (χ2v) is 9.52. The minimum absolute atomic E-state index is 0.0321. The molecule has 2 atom stereocenters. The lowest BCUT2D eigenvalue weighted by Gasteiger charge is -2.35. The third-order valence-corrected chi connectivity index (χ3v) is 6.74. The number of piperidine rings is 2. The highest BCUT2D eigenvalue weighted by molar-refractivity contribution is 5.90. The first kappa shape index (κ1) is 26.5. The Hall–Kier alpha value is -3.14. The second-order valence-electron chi connectivity index (χ2n) is 9.52. The van der Waals surface area contributed by atoms with Crippen LogP contribution in [-0.4, -0.2) is 65.7 Å². The van der Waals surface area contributed by atoms with E-state index in [1.54, 1.807) is 29.2 Å². The van der Waals surface area contributed by atoms with Crippen LogP contribution in [0.2, 0.25) is 0 Å². The van der Waals surface area contributed by atoms with Gasteiger partial charge in [0.25, 0.3) is 0 Å². The van der Waals surface area contributed by atoms with Crippen LogP contribution in [-0.2, 0) is 25.7 Å². The molecule has 10 heteroatoms. The smallest absolute Gasteiger partial charge is 0.409 e. The van der Waals surface area contributed by atoms with Gasteiger partial charge in [-0.2, -0.15) is 0 Å². The van der Waals surface area contributed by atoms with E-state index in [-0.39, 0.29) is 19.1 Å². The lowest BCUT2D eigenvalue weighted by Crippen LogP contribution is -2.65. The molecule has 4 N–H and O–H groups in total. The molecule has 2 saturated heterocycles. The molecule has 0 aliphatic carbocycles. The molecule has 35 heavy (non-hydrogen) atoms. The first-order chi connectivity index (χ1) is 16.8. The zero-order chi connectivity index (χ0) is 25.3. The second kappa shape index (κ2) is 12.5. The van der Waals surface area contributed by atoms with E-state index in [4.69, 9.17) is 4.74 Å². The predicted molar refractivity (Wildman–Crippen MR) is 128 cm³/mol. The van der Waals surface area contributed by atoms with Crippen molar-refractivity contribution in [3.05, 3.63) is 35.9 Å². The van der Waals surface area contributed by atoms with Gasteiger partial charge in [-0.3, -0.25) is 14.9 Å². The third-order valence-electron chi connectivity index (χ3n) is 6.74. The van der Waals surface area contributed by atoms with E-state index in [2.05, 4.69) is 16.0 Å². The molecule has 2 heterocycles. The average Bonchev–Trinajstić information content (AvgIpc) is 2.87. The number of rotatable bonds is 9. The summed E-state index contributed by atoms with van der Waals surface area (Å²) in [6.45, 7) is 3.97. The number of carboxylic acid groups (broad SMARTS) is 1. The summed E-state index contributed by atoms with van der Waals surface area (Å²) in [5.41, 5.74) is -1.30. The molecule has 0 saturated carbocycles. The van der Waals surface area contributed by atoms with Crippen LogP contribution in [0.4, 0.5) is 4.79 Å². The number of alkyl carbamates (subject to hydrolysis) is 1. The van der Waals surface area contributed by atoms with E-state index in [0.29, 0.717) is 31.7 Å². The van der Waals surface area contributed by atoms with Crippen molar-refractivity contribution >= 4 is 23.9 Å². The molecule has 192 valence electrons. The van der Waals surface area contributed by atoms with Gasteiger partial charge >= 0.3 is 12.1 Å². The number of hydrogen-bond donors (Lipinski definition) is 4. The van der Waals surface area contributed by atoms with Crippen LogP contribution in [0.3, 0.4) is 0 Å². The van der Waals surface area contributed by atoms with E-state index >= 15 is 0 Å². The fourth-order valence-corrected chi connectivity index (χ4v) is 4.52. The van der Waals surface area contributed by atoms with Crippen molar-refractivity contribution in [1.82, 2.24) is 20.9 Å². The van der Waals surface area contributed by atoms with Crippen molar-refractivity contribution in [2.24, 2.45) is 11.8 Å². The van der Waals surface area contributed by atoms with Crippen molar-refractivity contribution < 1.29 is 29.0 Å². The van der Waals surface area contributed by atoms with Gasteiger partial charge in [0.1, 0.15) is 6.61 Å². The van der Waals surface area contributed by atoms with Crippen molar-refractivity contribution in [2.45, 2.75) is 57.7 Å². The number of carboxylic acids is 1. The number of carbonyl (C=O) groups is 4. The average molecular weight is 489 g/mol. The number of nitrogens with zero attached hydrogens (tertiary/aromatic N) is 1. The van der Waals surface area contributed by atoms with Gasteiger partial charge < -0.3 is 25.4 Å². The molecule has 0 aromatic heterocycles. The molecule has 2 aliphatic rings. The lowest BCUT2D eigenvalue weighted by atomic mass is 9.92. The Bertz CT molecular complexity index is 889. The topological polar surface area (TPSA) is 137 Å². The molecule has 0 bridgehead atoms. The zero-order valence-corrected chi connectivity index (χ0v) is 20.3. The Balaban J connectivity index is 1.50. The number of amides is 3. The number of likely N-dealkylation sites (tertiary alicyclic amines) is 1. The highest BCUT2D eigenvalue weighted by Gasteiger charge is 2.40. The summed E-state index contributed by atoms with van der Waals surface area (Å²) in [6.07, 6.45) is 3.70. The Morgan fingerprint density at radius 2 is 1.83 bits per heavy atom. The zero-order valence-electron chi connectivity index (χ0n) is 20.3. The molecule has 2 fully saturated rings. The molecule has 0 radical (unpaired) electrons. The predicted octanol–water partition coefficient (Wildman–Crippen LogP) is 1.85.